The fourth-order valence-corrected chi connectivity index (χ4v) is 5.25. The summed E-state index contributed by atoms with van der Waals surface area (Å²) in [5.74, 6) is 0. The molecule has 0 saturated heterocycles. The van der Waals surface area contributed by atoms with E-state index in [4.69, 9.17) is 4.42 Å². The molecule has 0 fully saturated rings. The van der Waals surface area contributed by atoms with Gasteiger partial charge in [0.1, 0.15) is 17.3 Å². The highest BCUT2D eigenvalue weighted by Gasteiger charge is 2.26. The van der Waals surface area contributed by atoms with Gasteiger partial charge in [-0.25, -0.2) is 0 Å². The Balaban J connectivity index is 1.40. The van der Waals surface area contributed by atoms with E-state index < -0.39 is 0 Å². The van der Waals surface area contributed by atoms with Gasteiger partial charge in [0.15, 0.2) is 0 Å². The van der Waals surface area contributed by atoms with Crippen LogP contribution >= 0.6 is 0 Å². The van der Waals surface area contributed by atoms with Crippen molar-refractivity contribution in [1.29, 1.82) is 0 Å². The Hall–Kier alpha value is -4.24. The number of fused-ring (bicyclic) bond motifs is 6. The first-order chi connectivity index (χ1) is 16.3. The van der Waals surface area contributed by atoms with E-state index in [1.165, 1.54) is 33.6 Å². The molecule has 0 bridgehead atoms. The fourth-order valence-electron chi connectivity index (χ4n) is 5.25. The number of hydrogen-bond donors (Lipinski definition) is 1. The van der Waals surface area contributed by atoms with Crippen LogP contribution in [0.5, 0.6) is 0 Å². The van der Waals surface area contributed by atoms with Crippen molar-refractivity contribution in [3.05, 3.63) is 103 Å². The molecule has 0 aliphatic carbocycles. The number of para-hydroxylation sites is 3. The largest absolute Gasteiger partial charge is 0.455 e. The van der Waals surface area contributed by atoms with Gasteiger partial charge in [0.05, 0.1) is 11.4 Å². The molecule has 158 valence electrons. The molecule has 3 heteroatoms. The van der Waals surface area contributed by atoms with Crippen LogP contribution in [0.1, 0.15) is 6.92 Å². The minimum Gasteiger partial charge on any atom is -0.455 e. The first-order valence-electron chi connectivity index (χ1n) is 11.4. The third-order valence-corrected chi connectivity index (χ3v) is 6.76. The van der Waals surface area contributed by atoms with Gasteiger partial charge in [0.2, 0.25) is 0 Å². The number of benzene rings is 5. The molecule has 1 aromatic heterocycles. The molecule has 6 aromatic rings. The van der Waals surface area contributed by atoms with E-state index in [-0.39, 0.29) is 6.17 Å². The van der Waals surface area contributed by atoms with Gasteiger partial charge >= 0.3 is 0 Å². The van der Waals surface area contributed by atoms with Crippen molar-refractivity contribution in [2.75, 3.05) is 10.2 Å². The van der Waals surface area contributed by atoms with Crippen molar-refractivity contribution in [1.82, 2.24) is 0 Å². The predicted molar refractivity (Wildman–Crippen MR) is 138 cm³/mol. The topological polar surface area (TPSA) is 28.4 Å². The van der Waals surface area contributed by atoms with Crippen LogP contribution in [0.3, 0.4) is 0 Å². The van der Waals surface area contributed by atoms with Gasteiger partial charge in [0, 0.05) is 21.8 Å². The van der Waals surface area contributed by atoms with E-state index in [1.807, 2.05) is 12.1 Å². The second kappa shape index (κ2) is 6.88. The summed E-state index contributed by atoms with van der Waals surface area (Å²) in [5, 5.41) is 8.24. The number of hydrogen-bond acceptors (Lipinski definition) is 3. The van der Waals surface area contributed by atoms with E-state index in [0.29, 0.717) is 0 Å². The van der Waals surface area contributed by atoms with Gasteiger partial charge in [-0.3, -0.25) is 0 Å². The summed E-state index contributed by atoms with van der Waals surface area (Å²) in [5.41, 5.74) is 7.90. The van der Waals surface area contributed by atoms with E-state index in [0.717, 1.165) is 27.3 Å². The molecule has 2 heterocycles. The van der Waals surface area contributed by atoms with Crippen LogP contribution in [0, 0.1) is 0 Å². The Bertz CT molecular complexity index is 1660. The Labute approximate surface area is 191 Å². The smallest absolute Gasteiger partial charge is 0.143 e. The maximum absolute atomic E-state index is 6.27. The summed E-state index contributed by atoms with van der Waals surface area (Å²) in [6.07, 6.45) is 0.211. The van der Waals surface area contributed by atoms with Gasteiger partial charge in [-0.05, 0) is 59.8 Å². The standard InChI is InChI=1S/C30H22N2O/c1-19-31-27-11-5-6-12-28(27)32(19)21-16-14-20(15-17-21)25-18-26-23-9-4-7-13-29(23)33-30(26)24-10-3-2-8-22(24)25/h2-19,31H,1H3. The lowest BCUT2D eigenvalue weighted by molar-refractivity contribution is 0.672. The summed E-state index contributed by atoms with van der Waals surface area (Å²) in [6, 6.07) is 36.5. The zero-order valence-corrected chi connectivity index (χ0v) is 18.2. The van der Waals surface area contributed by atoms with Gasteiger partial charge in [-0.15, -0.1) is 0 Å². The molecule has 0 saturated carbocycles. The van der Waals surface area contributed by atoms with Crippen molar-refractivity contribution in [3.63, 3.8) is 0 Å². The molecule has 1 N–H and O–H groups in total. The van der Waals surface area contributed by atoms with Gasteiger partial charge in [-0.2, -0.15) is 0 Å². The Morgan fingerprint density at radius 3 is 2.24 bits per heavy atom. The summed E-state index contributed by atoms with van der Waals surface area (Å²) < 4.78 is 6.27. The van der Waals surface area contributed by atoms with Gasteiger partial charge in [0.25, 0.3) is 0 Å². The van der Waals surface area contributed by atoms with Crippen molar-refractivity contribution in [3.8, 4) is 11.1 Å². The number of anilines is 3. The number of rotatable bonds is 2. The molecule has 1 aliphatic heterocycles. The molecule has 0 spiro atoms. The average Bonchev–Trinajstić information content (AvgIpc) is 3.41. The number of furan rings is 1. The van der Waals surface area contributed by atoms with Gasteiger partial charge in [-0.1, -0.05) is 66.7 Å². The van der Waals surface area contributed by atoms with E-state index in [2.05, 4.69) is 108 Å². The number of nitrogens with zero attached hydrogens (tertiary/aromatic N) is 1. The highest BCUT2D eigenvalue weighted by Crippen LogP contribution is 2.42. The summed E-state index contributed by atoms with van der Waals surface area (Å²) >= 11 is 0. The van der Waals surface area contributed by atoms with Crippen LogP contribution in [-0.2, 0) is 0 Å². The monoisotopic (exact) mass is 426 g/mol. The molecule has 7 rings (SSSR count). The quantitative estimate of drug-likeness (QED) is 0.302. The van der Waals surface area contributed by atoms with Crippen molar-refractivity contribution in [2.45, 2.75) is 13.1 Å². The second-order valence-electron chi connectivity index (χ2n) is 8.70. The Morgan fingerprint density at radius 1 is 0.697 bits per heavy atom. The molecular formula is C30H22N2O. The third kappa shape index (κ3) is 2.69. The summed E-state index contributed by atoms with van der Waals surface area (Å²) in [6.45, 7) is 2.19. The lowest BCUT2D eigenvalue weighted by Crippen LogP contribution is -2.28. The lowest BCUT2D eigenvalue weighted by Gasteiger charge is -2.24. The molecular weight excluding hydrogens is 404 g/mol. The lowest BCUT2D eigenvalue weighted by atomic mass is 9.95. The highest BCUT2D eigenvalue weighted by molar-refractivity contribution is 6.19. The molecule has 1 atom stereocenters. The minimum atomic E-state index is 0.211. The second-order valence-corrected chi connectivity index (χ2v) is 8.70. The zero-order valence-electron chi connectivity index (χ0n) is 18.2. The van der Waals surface area contributed by atoms with Crippen molar-refractivity contribution < 1.29 is 4.42 Å². The molecule has 3 nitrogen and oxygen atoms in total. The molecule has 5 aromatic carbocycles. The van der Waals surface area contributed by atoms with E-state index >= 15 is 0 Å². The molecule has 1 unspecified atom stereocenters. The first kappa shape index (κ1) is 18.3. The summed E-state index contributed by atoms with van der Waals surface area (Å²) in [7, 11) is 0. The van der Waals surface area contributed by atoms with Crippen LogP contribution in [0.15, 0.2) is 108 Å². The highest BCUT2D eigenvalue weighted by atomic mass is 16.3. The normalized spacial score (nSPS) is 15.3. The van der Waals surface area contributed by atoms with Crippen LogP contribution in [-0.4, -0.2) is 6.17 Å². The van der Waals surface area contributed by atoms with E-state index in [9.17, 15) is 0 Å². The van der Waals surface area contributed by atoms with Crippen LogP contribution < -0.4 is 10.2 Å². The first-order valence-corrected chi connectivity index (χ1v) is 11.4. The minimum absolute atomic E-state index is 0.211. The van der Waals surface area contributed by atoms with Crippen molar-refractivity contribution >= 4 is 49.8 Å². The SMILES string of the molecule is CC1Nc2ccccc2N1c1ccc(-c2cc3c4ccccc4oc3c3ccccc23)cc1. The zero-order chi connectivity index (χ0) is 21.9. The van der Waals surface area contributed by atoms with Crippen LogP contribution in [0.2, 0.25) is 0 Å². The Morgan fingerprint density at radius 2 is 1.39 bits per heavy atom. The van der Waals surface area contributed by atoms with E-state index in [1.54, 1.807) is 0 Å². The summed E-state index contributed by atoms with van der Waals surface area (Å²) in [4.78, 5) is 2.35. The maximum atomic E-state index is 6.27. The maximum Gasteiger partial charge on any atom is 0.143 e. The third-order valence-electron chi connectivity index (χ3n) is 6.76. The molecule has 33 heavy (non-hydrogen) atoms. The fraction of sp³-hybridized carbons (Fsp3) is 0.0667. The molecule has 0 radical (unpaired) electrons. The van der Waals surface area contributed by atoms with Crippen LogP contribution in [0.4, 0.5) is 17.1 Å². The predicted octanol–water partition coefficient (Wildman–Crippen LogP) is 8.32. The average molecular weight is 427 g/mol. The van der Waals surface area contributed by atoms with Crippen molar-refractivity contribution in [2.24, 2.45) is 0 Å². The Kier molecular flexibility index (Phi) is 3.82. The van der Waals surface area contributed by atoms with Crippen LogP contribution in [0.25, 0.3) is 43.8 Å². The number of nitrogens with one attached hydrogen (secondary N) is 1. The molecule has 1 aliphatic rings. The molecule has 0 amide bonds. The van der Waals surface area contributed by atoms with Gasteiger partial charge < -0.3 is 14.6 Å².